The zero-order valence-electron chi connectivity index (χ0n) is 17.1. The first kappa shape index (κ1) is 19.1. The minimum absolute atomic E-state index is 0.0601. The number of para-hydroxylation sites is 1. The van der Waals surface area contributed by atoms with E-state index in [-0.39, 0.29) is 4.48 Å². The molecule has 0 fully saturated rings. The summed E-state index contributed by atoms with van der Waals surface area (Å²) in [6.07, 6.45) is 4.30. The molecular weight excluding hydrogens is 394 g/mol. The molecule has 0 bridgehead atoms. The summed E-state index contributed by atoms with van der Waals surface area (Å²) in [7, 11) is 0. The number of nitrogens with two attached hydrogens (primary N) is 2. The molecule has 5 rings (SSSR count). The molecule has 2 unspecified atom stereocenters. The number of rotatable bonds is 4. The van der Waals surface area contributed by atoms with Gasteiger partial charge in [0.25, 0.3) is 11.7 Å². The van der Waals surface area contributed by atoms with Gasteiger partial charge >= 0.3 is 0 Å². The van der Waals surface area contributed by atoms with Crippen LogP contribution in [0, 0.1) is 13.8 Å². The highest BCUT2D eigenvalue weighted by atomic mass is 16.5. The van der Waals surface area contributed by atoms with Crippen molar-refractivity contribution < 1.29 is 4.52 Å². The number of quaternary nitrogens is 1. The Balaban J connectivity index is 1.84. The first-order valence-electron chi connectivity index (χ1n) is 9.82. The van der Waals surface area contributed by atoms with Gasteiger partial charge in [-0.1, -0.05) is 17.3 Å². The fourth-order valence-corrected chi connectivity index (χ4v) is 4.10. The first-order valence-corrected chi connectivity index (χ1v) is 9.82. The zero-order chi connectivity index (χ0) is 21.6. The predicted octanol–water partition coefficient (Wildman–Crippen LogP) is 2.01. The molecule has 10 heteroatoms. The van der Waals surface area contributed by atoms with Crippen molar-refractivity contribution in [2.75, 3.05) is 0 Å². The standard InChI is InChI=1S/C21H22N9O/c1-12-15(13(2)31-29-12)10-30(20-14-5-3-4-6-16(14)27-28-20)19(23)9-18(22)26-21(30)17-7-8-24-11-25-17/h3-9,11,19H,10,22-23H2,1-2H3,(H,27,28)/q+1. The number of aromatic amines is 1. The van der Waals surface area contributed by atoms with Gasteiger partial charge in [-0.3, -0.25) is 10.8 Å². The molecule has 1 aromatic carbocycles. The third-order valence-corrected chi connectivity index (χ3v) is 5.69. The molecule has 3 aromatic heterocycles. The summed E-state index contributed by atoms with van der Waals surface area (Å²) in [5, 5.41) is 12.9. The average molecular weight is 416 g/mol. The van der Waals surface area contributed by atoms with E-state index in [1.165, 1.54) is 6.33 Å². The van der Waals surface area contributed by atoms with Crippen molar-refractivity contribution in [1.29, 1.82) is 0 Å². The van der Waals surface area contributed by atoms with Crippen molar-refractivity contribution in [2.45, 2.75) is 26.6 Å². The van der Waals surface area contributed by atoms with Crippen molar-refractivity contribution in [1.82, 2.24) is 29.8 Å². The first-order chi connectivity index (χ1) is 15.0. The van der Waals surface area contributed by atoms with Crippen LogP contribution in [0.25, 0.3) is 10.9 Å². The van der Waals surface area contributed by atoms with Gasteiger partial charge in [0.15, 0.2) is 6.17 Å². The van der Waals surface area contributed by atoms with E-state index in [1.807, 2.05) is 38.1 Å². The van der Waals surface area contributed by atoms with Crippen LogP contribution in [-0.2, 0) is 6.54 Å². The smallest absolute Gasteiger partial charge is 0.264 e. The van der Waals surface area contributed by atoms with Crippen molar-refractivity contribution in [3.05, 3.63) is 77.5 Å². The Morgan fingerprint density at radius 3 is 2.77 bits per heavy atom. The predicted molar refractivity (Wildman–Crippen MR) is 116 cm³/mol. The normalized spacial score (nSPS) is 21.2. The fourth-order valence-electron chi connectivity index (χ4n) is 4.10. The lowest BCUT2D eigenvalue weighted by molar-refractivity contribution is 0.333. The number of hydrogen-bond acceptors (Lipinski definition) is 8. The number of hydrogen-bond donors (Lipinski definition) is 3. The number of fused-ring (bicyclic) bond motifs is 1. The Morgan fingerprint density at radius 2 is 2.03 bits per heavy atom. The highest BCUT2D eigenvalue weighted by molar-refractivity contribution is 6.09. The summed E-state index contributed by atoms with van der Waals surface area (Å²) in [5.74, 6) is 2.33. The maximum atomic E-state index is 6.82. The lowest BCUT2D eigenvalue weighted by Crippen LogP contribution is -2.65. The number of aromatic nitrogens is 5. The van der Waals surface area contributed by atoms with E-state index in [0.717, 1.165) is 22.2 Å². The second-order valence-corrected chi connectivity index (χ2v) is 7.53. The molecule has 0 saturated carbocycles. The SMILES string of the molecule is Cc1noc(C)c1C[N+]1(c2n[nH]c3ccccc23)C(c2ccncn2)=NC(N)=CC1N. The van der Waals surface area contributed by atoms with Crippen LogP contribution in [0.5, 0.6) is 0 Å². The number of aliphatic imine (C=N–C) groups is 1. The van der Waals surface area contributed by atoms with Gasteiger partial charge in [0.2, 0.25) is 0 Å². The summed E-state index contributed by atoms with van der Waals surface area (Å²) >= 11 is 0. The van der Waals surface area contributed by atoms with Gasteiger partial charge < -0.3 is 10.3 Å². The highest BCUT2D eigenvalue weighted by Crippen LogP contribution is 2.38. The second kappa shape index (κ2) is 7.11. The number of benzene rings is 1. The van der Waals surface area contributed by atoms with E-state index in [2.05, 4.69) is 20.2 Å². The van der Waals surface area contributed by atoms with E-state index in [1.54, 1.807) is 18.3 Å². The van der Waals surface area contributed by atoms with E-state index in [4.69, 9.17) is 26.1 Å². The molecule has 1 aliphatic rings. The minimum Gasteiger partial charge on any atom is -0.384 e. The van der Waals surface area contributed by atoms with E-state index >= 15 is 0 Å². The third-order valence-electron chi connectivity index (χ3n) is 5.69. The molecule has 0 spiro atoms. The second-order valence-electron chi connectivity index (χ2n) is 7.53. The molecule has 31 heavy (non-hydrogen) atoms. The molecule has 5 N–H and O–H groups in total. The zero-order valence-corrected chi connectivity index (χ0v) is 17.1. The molecule has 0 aliphatic carbocycles. The van der Waals surface area contributed by atoms with Crippen LogP contribution in [0.1, 0.15) is 22.7 Å². The van der Waals surface area contributed by atoms with Crippen LogP contribution in [0.4, 0.5) is 5.82 Å². The van der Waals surface area contributed by atoms with Crippen LogP contribution in [0.2, 0.25) is 0 Å². The van der Waals surface area contributed by atoms with Gasteiger partial charge in [-0.2, -0.15) is 4.99 Å². The maximum absolute atomic E-state index is 6.82. The van der Waals surface area contributed by atoms with Gasteiger partial charge in [0, 0.05) is 12.3 Å². The number of nitrogens with zero attached hydrogens (tertiary/aromatic N) is 6. The summed E-state index contributed by atoms with van der Waals surface area (Å²) < 4.78 is 5.51. The minimum atomic E-state index is -0.581. The lowest BCUT2D eigenvalue weighted by atomic mass is 10.1. The lowest BCUT2D eigenvalue weighted by Gasteiger charge is -2.41. The van der Waals surface area contributed by atoms with Gasteiger partial charge in [-0.25, -0.2) is 14.5 Å². The molecule has 4 heterocycles. The van der Waals surface area contributed by atoms with Crippen LogP contribution < -0.4 is 16.0 Å². The van der Waals surface area contributed by atoms with E-state index in [0.29, 0.717) is 35.5 Å². The number of amidine groups is 1. The molecule has 0 saturated heterocycles. The number of aryl methyl sites for hydroxylation is 2. The Morgan fingerprint density at radius 1 is 1.19 bits per heavy atom. The molecule has 1 aliphatic heterocycles. The molecule has 10 nitrogen and oxygen atoms in total. The number of nitrogens with one attached hydrogen (secondary N) is 1. The molecule has 0 radical (unpaired) electrons. The Labute approximate surface area is 177 Å². The van der Waals surface area contributed by atoms with Crippen molar-refractivity contribution in [3.63, 3.8) is 0 Å². The Bertz CT molecular complexity index is 1300. The third kappa shape index (κ3) is 2.92. The molecular formula is C21H22N9O+. The van der Waals surface area contributed by atoms with Gasteiger partial charge in [0.1, 0.15) is 30.1 Å². The summed E-state index contributed by atoms with van der Waals surface area (Å²) in [4.78, 5) is 13.2. The average Bonchev–Trinajstić information content (AvgIpc) is 3.34. The van der Waals surface area contributed by atoms with E-state index < -0.39 is 6.17 Å². The Kier molecular flexibility index (Phi) is 4.38. The molecule has 4 aromatic rings. The molecule has 2 atom stereocenters. The monoisotopic (exact) mass is 416 g/mol. The van der Waals surface area contributed by atoms with Crippen LogP contribution in [-0.4, -0.2) is 37.3 Å². The largest absolute Gasteiger partial charge is 0.384 e. The summed E-state index contributed by atoms with van der Waals surface area (Å²) in [6, 6.07) is 9.69. The van der Waals surface area contributed by atoms with Crippen LogP contribution in [0.15, 0.2) is 64.3 Å². The van der Waals surface area contributed by atoms with Crippen molar-refractivity contribution in [3.8, 4) is 0 Å². The van der Waals surface area contributed by atoms with Crippen LogP contribution >= 0.6 is 0 Å². The highest BCUT2D eigenvalue weighted by Gasteiger charge is 2.50. The van der Waals surface area contributed by atoms with E-state index in [9.17, 15) is 0 Å². The van der Waals surface area contributed by atoms with Crippen LogP contribution in [0.3, 0.4) is 0 Å². The Hall–Kier alpha value is -3.89. The summed E-state index contributed by atoms with van der Waals surface area (Å²) in [6.45, 7) is 4.20. The maximum Gasteiger partial charge on any atom is 0.264 e. The van der Waals surface area contributed by atoms with Gasteiger partial charge in [-0.15, -0.1) is 5.10 Å². The fraction of sp³-hybridized carbons (Fsp3) is 0.190. The quantitative estimate of drug-likeness (QED) is 0.431. The van der Waals surface area contributed by atoms with Gasteiger partial charge in [-0.05, 0) is 32.0 Å². The topological polar surface area (TPSA) is 145 Å². The molecule has 156 valence electrons. The van der Waals surface area contributed by atoms with Crippen molar-refractivity contribution >= 4 is 22.6 Å². The van der Waals surface area contributed by atoms with Gasteiger partial charge in [0.05, 0.1) is 22.2 Å². The summed E-state index contributed by atoms with van der Waals surface area (Å²) in [5.41, 5.74) is 16.2. The number of H-pyrrole nitrogens is 1. The molecule has 0 amide bonds. The van der Waals surface area contributed by atoms with Crippen molar-refractivity contribution in [2.24, 2.45) is 16.5 Å².